The summed E-state index contributed by atoms with van der Waals surface area (Å²) < 4.78 is 78.9. The third-order valence-electron chi connectivity index (χ3n) is 4.75. The number of sulfonamides is 1. The van der Waals surface area contributed by atoms with Crippen molar-refractivity contribution in [3.63, 3.8) is 0 Å². The number of aromatic amines is 1. The highest BCUT2D eigenvalue weighted by Gasteiger charge is 2.26. The summed E-state index contributed by atoms with van der Waals surface area (Å²) in [4.78, 5) is 18.3. The minimum Gasteiger partial charge on any atom is -0.481 e. The van der Waals surface area contributed by atoms with Crippen molar-refractivity contribution < 1.29 is 31.1 Å². The number of hydrogen-bond acceptors (Lipinski definition) is 8. The van der Waals surface area contributed by atoms with Crippen molar-refractivity contribution in [1.29, 1.82) is 0 Å². The quantitative estimate of drug-likeness (QED) is 0.382. The van der Waals surface area contributed by atoms with Crippen LogP contribution in [-0.2, 0) is 16.4 Å². The number of nitrogens with one attached hydrogen (secondary N) is 2. The lowest BCUT2D eigenvalue weighted by atomic mass is 10.1. The van der Waals surface area contributed by atoms with E-state index < -0.39 is 34.6 Å². The fourth-order valence-electron chi connectivity index (χ4n) is 3.35. The summed E-state index contributed by atoms with van der Waals surface area (Å²) in [5, 5.41) is 0.157. The van der Waals surface area contributed by atoms with Crippen molar-refractivity contribution in [1.82, 2.24) is 24.9 Å². The highest BCUT2D eigenvalue weighted by atomic mass is 32.2. The lowest BCUT2D eigenvalue weighted by molar-refractivity contribution is 0.146. The van der Waals surface area contributed by atoms with Crippen LogP contribution >= 0.6 is 0 Å². The van der Waals surface area contributed by atoms with Crippen LogP contribution in [0.25, 0.3) is 22.3 Å². The number of ether oxygens (including phenoxy) is 2. The zero-order valence-corrected chi connectivity index (χ0v) is 18.5. The van der Waals surface area contributed by atoms with Crippen LogP contribution in [0.5, 0.6) is 11.8 Å². The predicted octanol–water partition coefficient (Wildman–Crippen LogP) is 3.18. The number of hydrogen-bond donors (Lipinski definition) is 2. The predicted molar refractivity (Wildman–Crippen MR) is 115 cm³/mol. The standard InChI is InChI=1S/C20H17F3N6O4S/c1-32-18-11(8-14(22)23)19(33-2)28-20(27-18)29-34(30,31)13-9-26-16-10(13)4-5-12(21)15(16)17-24-6-3-7-25-17/h3-7,9,14,26H,8H2,1-2H3,(H,27,28,29). The van der Waals surface area contributed by atoms with Crippen LogP contribution in [0.1, 0.15) is 5.56 Å². The number of alkyl halides is 2. The van der Waals surface area contributed by atoms with E-state index in [0.717, 1.165) is 6.07 Å². The van der Waals surface area contributed by atoms with Gasteiger partial charge in [-0.3, -0.25) is 0 Å². The Morgan fingerprint density at radius 3 is 2.32 bits per heavy atom. The first-order valence-corrected chi connectivity index (χ1v) is 11.1. The molecule has 34 heavy (non-hydrogen) atoms. The normalized spacial score (nSPS) is 11.7. The first-order chi connectivity index (χ1) is 16.2. The second-order valence-corrected chi connectivity index (χ2v) is 8.47. The first-order valence-electron chi connectivity index (χ1n) is 9.62. The van der Waals surface area contributed by atoms with Crippen molar-refractivity contribution in [3.05, 3.63) is 48.2 Å². The van der Waals surface area contributed by atoms with Crippen molar-refractivity contribution in [2.45, 2.75) is 17.7 Å². The molecule has 0 atom stereocenters. The van der Waals surface area contributed by atoms with E-state index in [0.29, 0.717) is 0 Å². The number of benzene rings is 1. The van der Waals surface area contributed by atoms with E-state index in [1.165, 1.54) is 38.9 Å². The van der Waals surface area contributed by atoms with Gasteiger partial charge in [-0.25, -0.2) is 36.3 Å². The van der Waals surface area contributed by atoms with E-state index in [-0.39, 0.29) is 44.5 Å². The molecule has 0 saturated carbocycles. The van der Waals surface area contributed by atoms with Crippen LogP contribution in [0.4, 0.5) is 19.1 Å². The molecule has 178 valence electrons. The lowest BCUT2D eigenvalue weighted by Gasteiger charge is -2.13. The molecule has 0 aliphatic carbocycles. The monoisotopic (exact) mass is 494 g/mol. The average molecular weight is 494 g/mol. The summed E-state index contributed by atoms with van der Waals surface area (Å²) in [7, 11) is -1.94. The maximum Gasteiger partial charge on any atom is 0.266 e. The summed E-state index contributed by atoms with van der Waals surface area (Å²) in [6, 6.07) is 3.95. The van der Waals surface area contributed by atoms with E-state index in [4.69, 9.17) is 9.47 Å². The van der Waals surface area contributed by atoms with Gasteiger partial charge in [0.05, 0.1) is 30.9 Å². The van der Waals surface area contributed by atoms with Gasteiger partial charge in [-0.1, -0.05) is 0 Å². The average Bonchev–Trinajstić information content (AvgIpc) is 3.24. The lowest BCUT2D eigenvalue weighted by Crippen LogP contribution is -2.16. The van der Waals surface area contributed by atoms with Gasteiger partial charge in [0.1, 0.15) is 10.7 Å². The van der Waals surface area contributed by atoms with Gasteiger partial charge in [0.25, 0.3) is 10.0 Å². The van der Waals surface area contributed by atoms with Crippen LogP contribution < -0.4 is 14.2 Å². The zero-order valence-electron chi connectivity index (χ0n) is 17.7. The fraction of sp³-hybridized carbons (Fsp3) is 0.200. The molecule has 0 fully saturated rings. The molecule has 0 radical (unpaired) electrons. The van der Waals surface area contributed by atoms with Crippen molar-refractivity contribution in [3.8, 4) is 23.1 Å². The smallest absolute Gasteiger partial charge is 0.266 e. The number of nitrogens with zero attached hydrogens (tertiary/aromatic N) is 4. The summed E-state index contributed by atoms with van der Waals surface area (Å²) in [5.41, 5.74) is 0.0449. The number of halogens is 3. The molecule has 0 bridgehead atoms. The van der Waals surface area contributed by atoms with Crippen LogP contribution in [-0.4, -0.2) is 54.0 Å². The Bertz CT molecular complexity index is 1420. The van der Waals surface area contributed by atoms with Gasteiger partial charge in [0.2, 0.25) is 24.1 Å². The topological polar surface area (TPSA) is 132 Å². The summed E-state index contributed by atoms with van der Waals surface area (Å²) >= 11 is 0. The Hall–Kier alpha value is -3.94. The van der Waals surface area contributed by atoms with Gasteiger partial charge in [0, 0.05) is 30.4 Å². The Balaban J connectivity index is 1.77. The van der Waals surface area contributed by atoms with Gasteiger partial charge < -0.3 is 14.5 Å². The second kappa shape index (κ2) is 9.13. The van der Waals surface area contributed by atoms with E-state index in [1.54, 1.807) is 6.07 Å². The highest BCUT2D eigenvalue weighted by molar-refractivity contribution is 7.93. The fourth-order valence-corrected chi connectivity index (χ4v) is 4.46. The molecule has 4 aromatic rings. The van der Waals surface area contributed by atoms with Crippen LogP contribution in [0.15, 0.2) is 41.7 Å². The largest absolute Gasteiger partial charge is 0.481 e. The number of H-pyrrole nitrogens is 1. The van der Waals surface area contributed by atoms with Crippen LogP contribution in [0.2, 0.25) is 0 Å². The van der Waals surface area contributed by atoms with Crippen molar-refractivity contribution >= 4 is 26.9 Å². The molecule has 0 aliphatic rings. The van der Waals surface area contributed by atoms with Gasteiger partial charge >= 0.3 is 0 Å². The molecule has 3 aromatic heterocycles. The summed E-state index contributed by atoms with van der Waals surface area (Å²) in [5.74, 6) is -1.58. The molecule has 1 aromatic carbocycles. The molecule has 0 aliphatic heterocycles. The maximum atomic E-state index is 14.6. The Morgan fingerprint density at radius 2 is 1.74 bits per heavy atom. The molecule has 0 unspecified atom stereocenters. The minimum absolute atomic E-state index is 0.00418. The number of rotatable bonds is 8. The third kappa shape index (κ3) is 4.31. The molecule has 2 N–H and O–H groups in total. The molecule has 0 saturated heterocycles. The molecule has 10 nitrogen and oxygen atoms in total. The highest BCUT2D eigenvalue weighted by Crippen LogP contribution is 2.34. The second-order valence-electron chi connectivity index (χ2n) is 6.82. The molecular weight excluding hydrogens is 477 g/mol. The molecule has 0 spiro atoms. The zero-order chi connectivity index (χ0) is 24.5. The van der Waals surface area contributed by atoms with Gasteiger partial charge in [-0.05, 0) is 18.2 Å². The molecule has 3 heterocycles. The van der Waals surface area contributed by atoms with E-state index in [2.05, 4.69) is 29.6 Å². The molecule has 4 rings (SSSR count). The SMILES string of the molecule is COc1nc(NS(=O)(=O)c2c[nH]c3c(-c4ncccn4)c(F)ccc23)nc(OC)c1CC(F)F. The molecule has 0 amide bonds. The third-order valence-corrected chi connectivity index (χ3v) is 6.12. The van der Waals surface area contributed by atoms with Crippen LogP contribution in [0, 0.1) is 5.82 Å². The Morgan fingerprint density at radius 1 is 1.09 bits per heavy atom. The number of aromatic nitrogens is 5. The summed E-state index contributed by atoms with van der Waals surface area (Å²) in [6.45, 7) is 0. The van der Waals surface area contributed by atoms with E-state index in [9.17, 15) is 21.6 Å². The summed E-state index contributed by atoms with van der Waals surface area (Å²) in [6.07, 6.45) is 0.538. The Kier molecular flexibility index (Phi) is 6.24. The Labute approximate surface area is 191 Å². The number of anilines is 1. The van der Waals surface area contributed by atoms with Crippen molar-refractivity contribution in [2.24, 2.45) is 0 Å². The minimum atomic E-state index is -4.32. The molecule has 14 heteroatoms. The van der Waals surface area contributed by atoms with Gasteiger partial charge in [-0.15, -0.1) is 0 Å². The van der Waals surface area contributed by atoms with E-state index >= 15 is 0 Å². The van der Waals surface area contributed by atoms with Gasteiger partial charge in [-0.2, -0.15) is 9.97 Å². The van der Waals surface area contributed by atoms with Crippen LogP contribution in [0.3, 0.4) is 0 Å². The maximum absolute atomic E-state index is 14.6. The number of methoxy groups -OCH3 is 2. The van der Waals surface area contributed by atoms with Crippen molar-refractivity contribution in [2.75, 3.05) is 18.9 Å². The first kappa shape index (κ1) is 23.2. The number of fused-ring (bicyclic) bond motifs is 1. The molecular formula is C20H17F3N6O4S. The van der Waals surface area contributed by atoms with Gasteiger partial charge in [0.15, 0.2) is 5.82 Å². The van der Waals surface area contributed by atoms with E-state index in [1.807, 2.05) is 0 Å².